The van der Waals surface area contributed by atoms with Crippen molar-refractivity contribution in [3.8, 4) is 11.5 Å². The highest BCUT2D eigenvalue weighted by Crippen LogP contribution is 2.34. The lowest BCUT2D eigenvalue weighted by molar-refractivity contribution is -0.384. The van der Waals surface area contributed by atoms with Crippen LogP contribution in [0.1, 0.15) is 36.6 Å². The zero-order chi connectivity index (χ0) is 33.5. The van der Waals surface area contributed by atoms with E-state index in [9.17, 15) is 24.5 Å². The highest BCUT2D eigenvalue weighted by atomic mass is 16.6. The second-order valence-electron chi connectivity index (χ2n) is 10.4. The number of ether oxygens (including phenoxy) is 3. The van der Waals surface area contributed by atoms with Gasteiger partial charge in [-0.1, -0.05) is 36.4 Å². The molecule has 3 aromatic carbocycles. The third kappa shape index (κ3) is 7.39. The second kappa shape index (κ2) is 14.3. The molecule has 1 atom stereocenters. The van der Waals surface area contributed by atoms with E-state index in [1.807, 2.05) is 35.0 Å². The summed E-state index contributed by atoms with van der Waals surface area (Å²) < 4.78 is 18.3. The molecule has 1 aliphatic heterocycles. The molecule has 14 nitrogen and oxygen atoms in total. The van der Waals surface area contributed by atoms with Crippen molar-refractivity contribution in [3.63, 3.8) is 0 Å². The second-order valence-corrected chi connectivity index (χ2v) is 10.4. The van der Waals surface area contributed by atoms with E-state index in [0.29, 0.717) is 17.8 Å². The highest BCUT2D eigenvalue weighted by molar-refractivity contribution is 6.00. The van der Waals surface area contributed by atoms with Crippen LogP contribution in [0.2, 0.25) is 0 Å². The molecule has 242 valence electrons. The van der Waals surface area contributed by atoms with Gasteiger partial charge in [-0.15, -0.1) is 0 Å². The number of methoxy groups -OCH3 is 1. The number of aromatic nitrogens is 1. The number of non-ortho nitro benzene ring substituents is 1. The first kappa shape index (κ1) is 32.2. The Morgan fingerprint density at radius 1 is 1.11 bits per heavy atom. The van der Waals surface area contributed by atoms with Crippen LogP contribution in [0.5, 0.6) is 11.5 Å². The molecule has 1 aromatic heterocycles. The first-order valence-corrected chi connectivity index (χ1v) is 14.6. The summed E-state index contributed by atoms with van der Waals surface area (Å²) in [4.78, 5) is 48.0. The molecular formula is C33H32N6O8. The summed E-state index contributed by atoms with van der Waals surface area (Å²) in [5, 5.41) is 21.3. The van der Waals surface area contributed by atoms with Gasteiger partial charge in [-0.25, -0.2) is 15.0 Å². The number of nitrogens with zero attached hydrogens (tertiary/aromatic N) is 3. The number of fused-ring (bicyclic) bond motifs is 1. The molecule has 5 rings (SSSR count). The van der Waals surface area contributed by atoms with Crippen molar-refractivity contribution < 1.29 is 33.5 Å². The van der Waals surface area contributed by atoms with Crippen LogP contribution in [-0.2, 0) is 20.9 Å². The van der Waals surface area contributed by atoms with Crippen LogP contribution < -0.4 is 25.5 Å². The number of carbonyl (C=O) groups excluding carboxylic acids is 3. The van der Waals surface area contributed by atoms with E-state index in [-0.39, 0.29) is 36.0 Å². The van der Waals surface area contributed by atoms with Gasteiger partial charge in [0.05, 0.1) is 36.5 Å². The third-order valence-corrected chi connectivity index (χ3v) is 7.36. The lowest BCUT2D eigenvalue weighted by Crippen LogP contribution is -2.45. The summed E-state index contributed by atoms with van der Waals surface area (Å²) in [7, 11) is 1.43. The number of carbonyl (C=O) groups is 3. The smallest absolute Gasteiger partial charge is 0.338 e. The van der Waals surface area contributed by atoms with Crippen LogP contribution in [0, 0.1) is 10.1 Å². The fourth-order valence-corrected chi connectivity index (χ4v) is 5.18. The van der Waals surface area contributed by atoms with E-state index >= 15 is 0 Å². The molecule has 3 amide bonds. The van der Waals surface area contributed by atoms with E-state index in [4.69, 9.17) is 14.2 Å². The zero-order valence-electron chi connectivity index (χ0n) is 25.8. The van der Waals surface area contributed by atoms with E-state index in [0.717, 1.165) is 22.0 Å². The summed E-state index contributed by atoms with van der Waals surface area (Å²) in [6.07, 6.45) is 3.42. The van der Waals surface area contributed by atoms with E-state index in [1.54, 1.807) is 44.2 Å². The number of allylic oxidation sites excluding steroid dienone is 1. The van der Waals surface area contributed by atoms with Gasteiger partial charge in [0.15, 0.2) is 18.1 Å². The van der Waals surface area contributed by atoms with Crippen LogP contribution in [0.15, 0.2) is 89.3 Å². The van der Waals surface area contributed by atoms with Crippen LogP contribution in [-0.4, -0.2) is 53.9 Å². The number of hydrogen-bond acceptors (Lipinski definition) is 9. The van der Waals surface area contributed by atoms with E-state index < -0.39 is 28.9 Å². The van der Waals surface area contributed by atoms with Gasteiger partial charge in [-0.05, 0) is 43.2 Å². The normalized spacial score (nSPS) is 14.4. The largest absolute Gasteiger partial charge is 0.493 e. The van der Waals surface area contributed by atoms with Gasteiger partial charge in [-0.3, -0.25) is 14.9 Å². The molecule has 0 aliphatic carbocycles. The number of urea groups is 1. The highest BCUT2D eigenvalue weighted by Gasteiger charge is 2.32. The number of nitro groups is 1. The van der Waals surface area contributed by atoms with Crippen LogP contribution >= 0.6 is 0 Å². The molecule has 0 fully saturated rings. The van der Waals surface area contributed by atoms with Gasteiger partial charge in [0, 0.05) is 47.0 Å². The van der Waals surface area contributed by atoms with Crippen molar-refractivity contribution in [3.05, 3.63) is 111 Å². The molecule has 0 saturated carbocycles. The lowest BCUT2D eigenvalue weighted by Gasteiger charge is -2.28. The molecule has 0 bridgehead atoms. The number of nitrogens with one attached hydrogen (secondary N) is 3. The zero-order valence-corrected chi connectivity index (χ0v) is 25.8. The Balaban J connectivity index is 1.24. The summed E-state index contributed by atoms with van der Waals surface area (Å²) in [6.45, 7) is 3.60. The first-order chi connectivity index (χ1) is 22.7. The Morgan fingerprint density at radius 3 is 2.60 bits per heavy atom. The van der Waals surface area contributed by atoms with Gasteiger partial charge >= 0.3 is 12.0 Å². The molecule has 0 spiro atoms. The molecule has 47 heavy (non-hydrogen) atoms. The quantitative estimate of drug-likeness (QED) is 0.0888. The third-order valence-electron chi connectivity index (χ3n) is 7.36. The maximum absolute atomic E-state index is 12.6. The average Bonchev–Trinajstić information content (AvgIpc) is 3.40. The minimum atomic E-state index is -0.788. The Labute approximate surface area is 269 Å². The molecule has 0 radical (unpaired) electrons. The number of benzene rings is 3. The molecular weight excluding hydrogens is 608 g/mol. The van der Waals surface area contributed by atoms with Crippen molar-refractivity contribution in [2.24, 2.45) is 5.10 Å². The van der Waals surface area contributed by atoms with Crippen LogP contribution in [0.25, 0.3) is 10.9 Å². The average molecular weight is 641 g/mol. The molecule has 1 aliphatic rings. The topological polar surface area (TPSA) is 175 Å². The summed E-state index contributed by atoms with van der Waals surface area (Å²) >= 11 is 0. The predicted octanol–water partition coefficient (Wildman–Crippen LogP) is 4.33. The Morgan fingerprint density at radius 2 is 1.87 bits per heavy atom. The van der Waals surface area contributed by atoms with Gasteiger partial charge in [0.1, 0.15) is 0 Å². The minimum absolute atomic E-state index is 0.0263. The standard InChI is InChI=1S/C33H32N6O8/c1-4-46-32(41)30-20(2)35-33(42)36-31(30)22-11-14-27(28(15-22)45-3)47-19-29(40)37-34-16-23-18-38(26-8-6-5-7-25(23)26)17-21-9-12-24(13-10-21)39(43)44/h5-16,18,31H,4,17,19H2,1-3H3,(H,37,40)(H2,35,36,42)/b34-16+/t31-/m1/s1. The summed E-state index contributed by atoms with van der Waals surface area (Å²) in [6, 6.07) is 17.7. The van der Waals surface area contributed by atoms with Crippen molar-refractivity contribution in [2.75, 3.05) is 20.3 Å². The Kier molecular flexibility index (Phi) is 9.79. The Bertz CT molecular complexity index is 1900. The molecule has 0 saturated heterocycles. The van der Waals surface area contributed by atoms with Crippen LogP contribution in [0.3, 0.4) is 0 Å². The minimum Gasteiger partial charge on any atom is -0.493 e. The molecule has 4 aromatic rings. The van der Waals surface area contributed by atoms with E-state index in [2.05, 4.69) is 21.2 Å². The van der Waals surface area contributed by atoms with Gasteiger partial charge in [0.2, 0.25) is 0 Å². The number of para-hydroxylation sites is 1. The lowest BCUT2D eigenvalue weighted by atomic mass is 9.95. The SMILES string of the molecule is CCOC(=O)C1=C(C)NC(=O)N[C@@H]1c1ccc(OCC(=O)N/N=C/c2cn(Cc3ccc([N+](=O)[O-])cc3)c3ccccc23)c(OC)c1. The number of rotatable bonds is 12. The number of nitro benzene ring substituents is 1. The number of hydrogen-bond donors (Lipinski definition) is 3. The Hall–Kier alpha value is -6.18. The molecule has 0 unspecified atom stereocenters. The van der Waals surface area contributed by atoms with Gasteiger partial charge < -0.3 is 29.4 Å². The predicted molar refractivity (Wildman–Crippen MR) is 172 cm³/mol. The maximum Gasteiger partial charge on any atom is 0.338 e. The number of amides is 3. The van der Waals surface area contributed by atoms with Crippen molar-refractivity contribution in [2.45, 2.75) is 26.4 Å². The molecule has 14 heteroatoms. The number of hydrazone groups is 1. The van der Waals surface area contributed by atoms with Crippen molar-refractivity contribution in [1.82, 2.24) is 20.6 Å². The summed E-state index contributed by atoms with van der Waals surface area (Å²) in [5.41, 5.74) is 6.26. The molecule has 2 heterocycles. The monoisotopic (exact) mass is 640 g/mol. The first-order valence-electron chi connectivity index (χ1n) is 14.6. The fraction of sp³-hybridized carbons (Fsp3) is 0.212. The van der Waals surface area contributed by atoms with Gasteiger partial charge in [-0.2, -0.15) is 5.10 Å². The van der Waals surface area contributed by atoms with Crippen molar-refractivity contribution >= 4 is 40.7 Å². The van der Waals surface area contributed by atoms with Gasteiger partial charge in [0.25, 0.3) is 11.6 Å². The maximum atomic E-state index is 12.6. The van der Waals surface area contributed by atoms with Crippen molar-refractivity contribution in [1.29, 1.82) is 0 Å². The van der Waals surface area contributed by atoms with Crippen LogP contribution in [0.4, 0.5) is 10.5 Å². The summed E-state index contributed by atoms with van der Waals surface area (Å²) in [5.74, 6) is -0.527. The molecule has 3 N–H and O–H groups in total. The fourth-order valence-electron chi connectivity index (χ4n) is 5.18. The number of esters is 1. The van der Waals surface area contributed by atoms with E-state index in [1.165, 1.54) is 25.5 Å².